The van der Waals surface area contributed by atoms with Crippen LogP contribution in [-0.4, -0.2) is 30.9 Å². The largest absolute Gasteiger partial charge is 0.489 e. The molecule has 0 aliphatic carbocycles. The Morgan fingerprint density at radius 3 is 2.44 bits per heavy atom. The van der Waals surface area contributed by atoms with Crippen LogP contribution in [0.5, 0.6) is 5.75 Å². The molecule has 0 saturated carbocycles. The average Bonchev–Trinajstić information content (AvgIpc) is 2.59. The Hall–Kier alpha value is -1.75. The van der Waals surface area contributed by atoms with Gasteiger partial charge < -0.3 is 10.1 Å². The predicted octanol–water partition coefficient (Wildman–Crippen LogP) is 3.75. The van der Waals surface area contributed by atoms with E-state index < -0.39 is 0 Å². The van der Waals surface area contributed by atoms with Gasteiger partial charge >= 0.3 is 0 Å². The van der Waals surface area contributed by atoms with Gasteiger partial charge in [-0.2, -0.15) is 0 Å². The summed E-state index contributed by atoms with van der Waals surface area (Å²) in [7, 11) is 1.68. The smallest absolute Gasteiger partial charge is 0.225 e. The molecular weight excluding hydrogens is 359 g/mol. The second-order valence-corrected chi connectivity index (χ2v) is 7.00. The normalized spacial score (nSPS) is 14.8. The lowest BCUT2D eigenvalue weighted by Gasteiger charge is -2.38. The van der Waals surface area contributed by atoms with Gasteiger partial charge in [-0.1, -0.05) is 41.4 Å². The molecule has 1 aliphatic rings. The van der Waals surface area contributed by atoms with Gasteiger partial charge in [0.25, 0.3) is 0 Å². The highest BCUT2D eigenvalue weighted by Gasteiger charge is 2.31. The van der Waals surface area contributed by atoms with Crippen LogP contribution in [0.25, 0.3) is 0 Å². The number of hydrogen-bond donors (Lipinski definition) is 1. The van der Waals surface area contributed by atoms with E-state index in [1.807, 2.05) is 24.3 Å². The Kier molecular flexibility index (Phi) is 5.84. The van der Waals surface area contributed by atoms with Gasteiger partial charge in [0.05, 0.1) is 16.0 Å². The van der Waals surface area contributed by atoms with Gasteiger partial charge in [0.2, 0.25) is 5.91 Å². The summed E-state index contributed by atoms with van der Waals surface area (Å²) in [5, 5.41) is 3.77. The number of rotatable bonds is 6. The third-order valence-corrected chi connectivity index (χ3v) is 5.03. The van der Waals surface area contributed by atoms with Gasteiger partial charge in [-0.15, -0.1) is 0 Å². The van der Waals surface area contributed by atoms with Crippen LogP contribution in [0.15, 0.2) is 42.5 Å². The SMILES string of the molecule is CNC(=O)C1CN(Cc2ccc(OCc3ccc(Cl)c(Cl)c3)cc2)C1. The minimum atomic E-state index is 0.124. The van der Waals surface area contributed by atoms with Gasteiger partial charge in [0.15, 0.2) is 0 Å². The van der Waals surface area contributed by atoms with Crippen molar-refractivity contribution in [3.8, 4) is 5.75 Å². The average molecular weight is 379 g/mol. The maximum Gasteiger partial charge on any atom is 0.225 e. The Bertz CT molecular complexity index is 744. The summed E-state index contributed by atoms with van der Waals surface area (Å²) < 4.78 is 5.78. The first kappa shape index (κ1) is 18.1. The summed E-state index contributed by atoms with van der Waals surface area (Å²) in [6.45, 7) is 2.92. The fraction of sp³-hybridized carbons (Fsp3) is 0.316. The van der Waals surface area contributed by atoms with Gasteiger partial charge in [-0.25, -0.2) is 0 Å². The van der Waals surface area contributed by atoms with E-state index in [1.165, 1.54) is 5.56 Å². The predicted molar refractivity (Wildman–Crippen MR) is 100 cm³/mol. The summed E-state index contributed by atoms with van der Waals surface area (Å²) in [6, 6.07) is 13.5. The molecule has 2 aromatic carbocycles. The van der Waals surface area contributed by atoms with Crippen LogP contribution >= 0.6 is 23.2 Å². The standard InChI is InChI=1S/C19H20Cl2N2O2/c1-22-19(24)15-10-23(11-15)9-13-2-5-16(6-3-13)25-12-14-4-7-17(20)18(21)8-14/h2-8,15H,9-12H2,1H3,(H,22,24). The van der Waals surface area contributed by atoms with Crippen LogP contribution < -0.4 is 10.1 Å². The maximum absolute atomic E-state index is 11.5. The molecule has 1 N–H and O–H groups in total. The van der Waals surface area contributed by atoms with Gasteiger partial charge in [0.1, 0.15) is 12.4 Å². The molecule has 0 unspecified atom stereocenters. The molecule has 0 aromatic heterocycles. The van der Waals surface area contributed by atoms with E-state index in [2.05, 4.69) is 22.3 Å². The van der Waals surface area contributed by atoms with Crippen LogP contribution in [0.4, 0.5) is 0 Å². The Balaban J connectivity index is 1.47. The van der Waals surface area contributed by atoms with Gasteiger partial charge in [-0.3, -0.25) is 9.69 Å². The zero-order valence-corrected chi connectivity index (χ0v) is 15.5. The van der Waals surface area contributed by atoms with Crippen molar-refractivity contribution < 1.29 is 9.53 Å². The van der Waals surface area contributed by atoms with E-state index in [1.54, 1.807) is 13.1 Å². The second-order valence-electron chi connectivity index (χ2n) is 6.19. The number of nitrogens with one attached hydrogen (secondary N) is 1. The first-order valence-electron chi connectivity index (χ1n) is 8.15. The summed E-state index contributed by atoms with van der Waals surface area (Å²) in [5.74, 6) is 1.06. The quantitative estimate of drug-likeness (QED) is 0.831. The fourth-order valence-corrected chi connectivity index (χ4v) is 3.13. The van der Waals surface area contributed by atoms with E-state index in [0.29, 0.717) is 16.7 Å². The molecule has 1 fully saturated rings. The number of benzene rings is 2. The van der Waals surface area contributed by atoms with Crippen molar-refractivity contribution in [3.05, 3.63) is 63.6 Å². The van der Waals surface area contributed by atoms with E-state index in [-0.39, 0.29) is 11.8 Å². The maximum atomic E-state index is 11.5. The van der Waals surface area contributed by atoms with Crippen molar-refractivity contribution in [2.45, 2.75) is 13.2 Å². The molecule has 2 aromatic rings. The third-order valence-electron chi connectivity index (χ3n) is 4.29. The molecule has 6 heteroatoms. The van der Waals surface area contributed by atoms with Crippen molar-refractivity contribution in [1.82, 2.24) is 10.2 Å². The Morgan fingerprint density at radius 2 is 1.80 bits per heavy atom. The highest BCUT2D eigenvalue weighted by Crippen LogP contribution is 2.24. The zero-order chi connectivity index (χ0) is 17.8. The van der Waals surface area contributed by atoms with Crippen molar-refractivity contribution in [2.24, 2.45) is 5.92 Å². The molecule has 0 radical (unpaired) electrons. The van der Waals surface area contributed by atoms with E-state index in [9.17, 15) is 4.79 Å². The monoisotopic (exact) mass is 378 g/mol. The summed E-state index contributed by atoms with van der Waals surface area (Å²) in [4.78, 5) is 13.8. The lowest BCUT2D eigenvalue weighted by atomic mass is 9.98. The minimum Gasteiger partial charge on any atom is -0.489 e. The lowest BCUT2D eigenvalue weighted by Crippen LogP contribution is -2.52. The van der Waals surface area contributed by atoms with Crippen molar-refractivity contribution in [1.29, 1.82) is 0 Å². The van der Waals surface area contributed by atoms with Crippen LogP contribution in [0, 0.1) is 5.92 Å². The van der Waals surface area contributed by atoms with E-state index in [4.69, 9.17) is 27.9 Å². The number of amides is 1. The molecule has 1 heterocycles. The molecule has 3 rings (SSSR count). The Morgan fingerprint density at radius 1 is 1.12 bits per heavy atom. The molecular formula is C19H20Cl2N2O2. The van der Waals surface area contributed by atoms with Crippen molar-refractivity contribution >= 4 is 29.1 Å². The van der Waals surface area contributed by atoms with Gasteiger partial charge in [-0.05, 0) is 35.4 Å². The van der Waals surface area contributed by atoms with Crippen LogP contribution in [0.3, 0.4) is 0 Å². The van der Waals surface area contributed by atoms with Crippen molar-refractivity contribution in [2.75, 3.05) is 20.1 Å². The number of likely N-dealkylation sites (tertiary alicyclic amines) is 1. The zero-order valence-electron chi connectivity index (χ0n) is 14.0. The highest BCUT2D eigenvalue weighted by atomic mass is 35.5. The summed E-state index contributed by atoms with van der Waals surface area (Å²) in [6.07, 6.45) is 0. The number of halogens is 2. The molecule has 4 nitrogen and oxygen atoms in total. The third kappa shape index (κ3) is 4.66. The molecule has 1 saturated heterocycles. The summed E-state index contributed by atoms with van der Waals surface area (Å²) in [5.41, 5.74) is 2.18. The number of nitrogens with zero attached hydrogens (tertiary/aromatic N) is 1. The molecule has 1 amide bonds. The second kappa shape index (κ2) is 8.09. The molecule has 0 spiro atoms. The van der Waals surface area contributed by atoms with Crippen LogP contribution in [-0.2, 0) is 17.9 Å². The molecule has 1 aliphatic heterocycles. The fourth-order valence-electron chi connectivity index (χ4n) is 2.81. The number of hydrogen-bond acceptors (Lipinski definition) is 3. The molecule has 132 valence electrons. The first-order valence-corrected chi connectivity index (χ1v) is 8.90. The lowest BCUT2D eigenvalue weighted by molar-refractivity contribution is -0.129. The Labute approximate surface area is 157 Å². The molecule has 0 bridgehead atoms. The van der Waals surface area contributed by atoms with Crippen LogP contribution in [0.2, 0.25) is 10.0 Å². The summed E-state index contributed by atoms with van der Waals surface area (Å²) >= 11 is 11.9. The highest BCUT2D eigenvalue weighted by molar-refractivity contribution is 6.42. The minimum absolute atomic E-state index is 0.124. The number of carbonyl (C=O) groups is 1. The number of carbonyl (C=O) groups excluding carboxylic acids is 1. The van der Waals surface area contributed by atoms with E-state index in [0.717, 1.165) is 30.9 Å². The van der Waals surface area contributed by atoms with Gasteiger partial charge in [0, 0.05) is 26.7 Å². The molecule has 25 heavy (non-hydrogen) atoms. The first-order chi connectivity index (χ1) is 12.0. The molecule has 0 atom stereocenters. The van der Waals surface area contributed by atoms with Crippen molar-refractivity contribution in [3.63, 3.8) is 0 Å². The number of ether oxygens (including phenoxy) is 1. The van der Waals surface area contributed by atoms with Crippen LogP contribution in [0.1, 0.15) is 11.1 Å². The topological polar surface area (TPSA) is 41.6 Å². The van der Waals surface area contributed by atoms with E-state index >= 15 is 0 Å².